The van der Waals surface area contributed by atoms with Gasteiger partial charge in [0.2, 0.25) is 0 Å². The monoisotopic (exact) mass is 289 g/mol. The molecule has 0 bridgehead atoms. The molecule has 0 aliphatic heterocycles. The van der Waals surface area contributed by atoms with Crippen LogP contribution in [0.3, 0.4) is 0 Å². The van der Waals surface area contributed by atoms with Gasteiger partial charge in [-0.2, -0.15) is 0 Å². The lowest BCUT2D eigenvalue weighted by Crippen LogP contribution is -2.18. The maximum atomic E-state index is 13.0. The molecule has 3 nitrogen and oxygen atoms in total. The van der Waals surface area contributed by atoms with E-state index in [1.165, 1.54) is 6.07 Å². The van der Waals surface area contributed by atoms with E-state index in [2.05, 4.69) is 11.4 Å². The number of methoxy groups -OCH3 is 1. The van der Waals surface area contributed by atoms with Crippen molar-refractivity contribution in [3.05, 3.63) is 65.0 Å². The Labute approximate surface area is 124 Å². The van der Waals surface area contributed by atoms with Gasteiger partial charge in [0.1, 0.15) is 11.6 Å². The van der Waals surface area contributed by atoms with Crippen molar-refractivity contribution in [1.82, 2.24) is 5.32 Å². The number of rotatable bonds is 6. The minimum absolute atomic E-state index is 0.0249. The molecule has 0 heterocycles. The third-order valence-corrected chi connectivity index (χ3v) is 3.37. The Morgan fingerprint density at radius 2 is 1.95 bits per heavy atom. The molecule has 0 aliphatic carbocycles. The Morgan fingerprint density at radius 1 is 1.19 bits per heavy atom. The first-order valence-electron chi connectivity index (χ1n) is 6.88. The molecule has 0 aromatic heterocycles. The molecule has 2 N–H and O–H groups in total. The minimum Gasteiger partial charge on any atom is -0.508 e. The topological polar surface area (TPSA) is 41.5 Å². The standard InChI is InChI=1S/C17H20FNO2/c1-12(16-7-6-15(18)9-17(16)20)19-10-13-4-3-5-14(8-13)11-21-2/h3-9,12,19-20H,10-11H2,1-2H3. The van der Waals surface area contributed by atoms with Gasteiger partial charge in [-0.05, 0) is 24.1 Å². The van der Waals surface area contributed by atoms with Gasteiger partial charge >= 0.3 is 0 Å². The second kappa shape index (κ2) is 7.20. The lowest BCUT2D eigenvalue weighted by Gasteiger charge is -2.16. The summed E-state index contributed by atoms with van der Waals surface area (Å²) in [6.07, 6.45) is 0. The van der Waals surface area contributed by atoms with Crippen LogP contribution in [0.4, 0.5) is 4.39 Å². The molecule has 0 radical (unpaired) electrons. The molecule has 0 saturated heterocycles. The molecule has 0 aliphatic rings. The van der Waals surface area contributed by atoms with E-state index in [1.54, 1.807) is 13.2 Å². The number of phenolic OH excluding ortho intramolecular Hbond substituents is 1. The molecule has 1 unspecified atom stereocenters. The quantitative estimate of drug-likeness (QED) is 0.855. The third kappa shape index (κ3) is 4.28. The van der Waals surface area contributed by atoms with Gasteiger partial charge in [0.15, 0.2) is 0 Å². The van der Waals surface area contributed by atoms with E-state index in [4.69, 9.17) is 4.74 Å². The second-order valence-electron chi connectivity index (χ2n) is 5.06. The summed E-state index contributed by atoms with van der Waals surface area (Å²) in [7, 11) is 1.67. The van der Waals surface area contributed by atoms with Crippen LogP contribution >= 0.6 is 0 Å². The molecule has 2 rings (SSSR count). The van der Waals surface area contributed by atoms with Gasteiger partial charge < -0.3 is 15.2 Å². The number of hydrogen-bond donors (Lipinski definition) is 2. The average Bonchev–Trinajstić information content (AvgIpc) is 2.45. The summed E-state index contributed by atoms with van der Waals surface area (Å²) in [5, 5.41) is 13.1. The van der Waals surface area contributed by atoms with Gasteiger partial charge in [-0.3, -0.25) is 0 Å². The van der Waals surface area contributed by atoms with E-state index in [0.717, 1.165) is 17.2 Å². The normalized spacial score (nSPS) is 12.3. The van der Waals surface area contributed by atoms with Crippen molar-refractivity contribution in [2.75, 3.05) is 7.11 Å². The smallest absolute Gasteiger partial charge is 0.126 e. The van der Waals surface area contributed by atoms with Gasteiger partial charge in [-0.25, -0.2) is 4.39 Å². The van der Waals surface area contributed by atoms with E-state index in [-0.39, 0.29) is 11.8 Å². The fourth-order valence-electron chi connectivity index (χ4n) is 2.26. The molecule has 2 aromatic carbocycles. The van der Waals surface area contributed by atoms with Crippen molar-refractivity contribution in [2.24, 2.45) is 0 Å². The molecular formula is C17H20FNO2. The van der Waals surface area contributed by atoms with E-state index in [1.807, 2.05) is 25.1 Å². The third-order valence-electron chi connectivity index (χ3n) is 3.37. The lowest BCUT2D eigenvalue weighted by molar-refractivity contribution is 0.185. The van der Waals surface area contributed by atoms with Crippen LogP contribution in [0.2, 0.25) is 0 Å². The van der Waals surface area contributed by atoms with E-state index in [9.17, 15) is 9.50 Å². The van der Waals surface area contributed by atoms with Gasteiger partial charge in [0.05, 0.1) is 6.61 Å². The number of phenols is 1. The van der Waals surface area contributed by atoms with Crippen molar-refractivity contribution in [3.8, 4) is 5.75 Å². The first-order chi connectivity index (χ1) is 10.1. The van der Waals surface area contributed by atoms with Crippen molar-refractivity contribution in [1.29, 1.82) is 0 Å². The van der Waals surface area contributed by atoms with Crippen LogP contribution in [-0.4, -0.2) is 12.2 Å². The predicted octanol–water partition coefficient (Wildman–Crippen LogP) is 3.53. The zero-order valence-electron chi connectivity index (χ0n) is 12.3. The summed E-state index contributed by atoms with van der Waals surface area (Å²) in [6, 6.07) is 12.1. The zero-order chi connectivity index (χ0) is 15.2. The molecule has 0 saturated carbocycles. The van der Waals surface area contributed by atoms with Gasteiger partial charge in [-0.1, -0.05) is 30.3 Å². The Balaban J connectivity index is 2.00. The van der Waals surface area contributed by atoms with Crippen LogP contribution in [0.15, 0.2) is 42.5 Å². The number of benzene rings is 2. The lowest BCUT2D eigenvalue weighted by atomic mass is 10.1. The second-order valence-corrected chi connectivity index (χ2v) is 5.06. The number of halogens is 1. The maximum Gasteiger partial charge on any atom is 0.126 e. The van der Waals surface area contributed by atoms with Crippen LogP contribution < -0.4 is 5.32 Å². The average molecular weight is 289 g/mol. The Morgan fingerprint density at radius 3 is 2.67 bits per heavy atom. The van der Waals surface area contributed by atoms with E-state index in [0.29, 0.717) is 18.7 Å². The maximum absolute atomic E-state index is 13.0. The summed E-state index contributed by atoms with van der Waals surface area (Å²) < 4.78 is 18.1. The molecule has 0 spiro atoms. The highest BCUT2D eigenvalue weighted by Crippen LogP contribution is 2.24. The number of nitrogens with one attached hydrogen (secondary N) is 1. The first kappa shape index (κ1) is 15.5. The van der Waals surface area contributed by atoms with Gasteiger partial charge in [0, 0.05) is 31.3 Å². The minimum atomic E-state index is -0.435. The zero-order valence-corrected chi connectivity index (χ0v) is 12.3. The number of hydrogen-bond acceptors (Lipinski definition) is 3. The van der Waals surface area contributed by atoms with Crippen LogP contribution in [-0.2, 0) is 17.9 Å². The SMILES string of the molecule is COCc1cccc(CNC(C)c2ccc(F)cc2O)c1. The highest BCUT2D eigenvalue weighted by atomic mass is 19.1. The fraction of sp³-hybridized carbons (Fsp3) is 0.294. The van der Waals surface area contributed by atoms with Crippen LogP contribution in [0.1, 0.15) is 29.7 Å². The van der Waals surface area contributed by atoms with Crippen molar-refractivity contribution in [2.45, 2.75) is 26.1 Å². The van der Waals surface area contributed by atoms with Gasteiger partial charge in [0.25, 0.3) is 0 Å². The Hall–Kier alpha value is -1.91. The molecular weight excluding hydrogens is 269 g/mol. The van der Waals surface area contributed by atoms with E-state index < -0.39 is 5.82 Å². The van der Waals surface area contributed by atoms with Gasteiger partial charge in [-0.15, -0.1) is 0 Å². The fourth-order valence-corrected chi connectivity index (χ4v) is 2.26. The van der Waals surface area contributed by atoms with E-state index >= 15 is 0 Å². The predicted molar refractivity (Wildman–Crippen MR) is 80.5 cm³/mol. The molecule has 4 heteroatoms. The largest absolute Gasteiger partial charge is 0.508 e. The highest BCUT2D eigenvalue weighted by Gasteiger charge is 2.10. The van der Waals surface area contributed by atoms with Crippen molar-refractivity contribution in [3.63, 3.8) is 0 Å². The van der Waals surface area contributed by atoms with Crippen LogP contribution in [0, 0.1) is 5.82 Å². The van der Waals surface area contributed by atoms with Crippen LogP contribution in [0.5, 0.6) is 5.75 Å². The van der Waals surface area contributed by atoms with Crippen molar-refractivity contribution >= 4 is 0 Å². The number of aromatic hydroxyl groups is 1. The molecule has 112 valence electrons. The summed E-state index contributed by atoms with van der Waals surface area (Å²) in [5.74, 6) is -0.459. The Kier molecular flexibility index (Phi) is 5.31. The molecule has 2 aromatic rings. The summed E-state index contributed by atoms with van der Waals surface area (Å²) in [5.41, 5.74) is 2.94. The summed E-state index contributed by atoms with van der Waals surface area (Å²) in [6.45, 7) is 3.18. The number of ether oxygens (including phenoxy) is 1. The molecule has 1 atom stereocenters. The first-order valence-corrected chi connectivity index (χ1v) is 6.88. The summed E-state index contributed by atoms with van der Waals surface area (Å²) in [4.78, 5) is 0. The Bertz CT molecular complexity index is 601. The molecule has 0 fully saturated rings. The van der Waals surface area contributed by atoms with Crippen LogP contribution in [0.25, 0.3) is 0 Å². The molecule has 0 amide bonds. The molecule has 21 heavy (non-hydrogen) atoms. The summed E-state index contributed by atoms with van der Waals surface area (Å²) >= 11 is 0. The van der Waals surface area contributed by atoms with Crippen molar-refractivity contribution < 1.29 is 14.2 Å². The highest BCUT2D eigenvalue weighted by molar-refractivity contribution is 5.35.